The third kappa shape index (κ3) is 10.3. The predicted molar refractivity (Wildman–Crippen MR) is 67.9 cm³/mol. The summed E-state index contributed by atoms with van der Waals surface area (Å²) >= 11 is 0. The molecule has 16 heavy (non-hydrogen) atoms. The topological polar surface area (TPSA) is 95.8 Å². The van der Waals surface area contributed by atoms with E-state index in [1.54, 1.807) is 0 Å². The summed E-state index contributed by atoms with van der Waals surface area (Å²) in [6.45, 7) is 2.03. The van der Waals surface area contributed by atoms with E-state index in [-0.39, 0.29) is 12.3 Å². The number of nitrogens with zero attached hydrogens (tertiary/aromatic N) is 1. The Labute approximate surface area is 100.0 Å². The molecule has 0 heterocycles. The van der Waals surface area contributed by atoms with Gasteiger partial charge in [-0.25, -0.2) is 0 Å². The van der Waals surface area contributed by atoms with Crippen molar-refractivity contribution >= 4 is 40.0 Å². The van der Waals surface area contributed by atoms with Crippen LogP contribution in [0.3, 0.4) is 0 Å². The van der Waals surface area contributed by atoms with Crippen LogP contribution in [0.15, 0.2) is 4.99 Å². The molecule has 0 aliphatic rings. The third-order valence-corrected chi connectivity index (χ3v) is 4.93. The van der Waals surface area contributed by atoms with Crippen LogP contribution in [0, 0.1) is 0 Å². The van der Waals surface area contributed by atoms with Crippen molar-refractivity contribution in [2.24, 2.45) is 4.99 Å². The van der Waals surface area contributed by atoms with Crippen LogP contribution in [-0.2, 0) is 13.6 Å². The Kier molecular flexibility index (Phi) is 8.81. The van der Waals surface area contributed by atoms with Gasteiger partial charge in [0.2, 0.25) is 0 Å². The first-order valence-electron chi connectivity index (χ1n) is 4.70. The number of rotatable bonds is 9. The van der Waals surface area contributed by atoms with E-state index in [4.69, 9.17) is 5.02 Å². The number of hydrogen-bond donors (Lipinski definition) is 2. The fourth-order valence-corrected chi connectivity index (χ4v) is 3.29. The number of hydrogen-bond acceptors (Lipinski definition) is 7. The summed E-state index contributed by atoms with van der Waals surface area (Å²) in [4.78, 5) is 3.67. The van der Waals surface area contributed by atoms with Crippen molar-refractivity contribution in [3.05, 3.63) is 0 Å². The van der Waals surface area contributed by atoms with E-state index in [1.165, 1.54) is 6.82 Å². The van der Waals surface area contributed by atoms with Gasteiger partial charge >= 0.3 is 99.8 Å². The van der Waals surface area contributed by atoms with Gasteiger partial charge in [-0.1, -0.05) is 0 Å². The summed E-state index contributed by atoms with van der Waals surface area (Å²) in [7, 11) is -2.55. The summed E-state index contributed by atoms with van der Waals surface area (Å²) in [5.74, 6) is 0.279. The normalized spacial score (nSPS) is 11.6. The van der Waals surface area contributed by atoms with Crippen molar-refractivity contribution in [2.75, 3.05) is 24.6 Å². The third-order valence-electron chi connectivity index (χ3n) is 1.44. The molecule has 0 aliphatic carbocycles. The van der Waals surface area contributed by atoms with Gasteiger partial charge in [-0.05, 0) is 0 Å². The van der Waals surface area contributed by atoms with E-state index in [0.717, 1.165) is 16.9 Å². The quantitative estimate of drug-likeness (QED) is 0.236. The van der Waals surface area contributed by atoms with Crippen LogP contribution in [0.25, 0.3) is 0 Å². The molecule has 0 aromatic rings. The van der Waals surface area contributed by atoms with Crippen molar-refractivity contribution in [3.63, 3.8) is 0 Å². The Morgan fingerprint density at radius 1 is 1.62 bits per heavy atom. The minimum absolute atomic E-state index is 0.0417. The van der Waals surface area contributed by atoms with Crippen LogP contribution < -0.4 is 5.23 Å². The molecular weight excluding hydrogens is 250 g/mol. The van der Waals surface area contributed by atoms with Gasteiger partial charge in [0.1, 0.15) is 0 Å². The first-order valence-corrected chi connectivity index (χ1v) is 7.85. The summed E-state index contributed by atoms with van der Waals surface area (Å²) < 4.78 is 32.6. The molecule has 0 rings (SSSR count). The van der Waals surface area contributed by atoms with Crippen LogP contribution in [0.1, 0.15) is 0 Å². The van der Waals surface area contributed by atoms with E-state index in [9.17, 15) is 13.1 Å². The molecule has 0 saturated carbocycles. The zero-order valence-corrected chi connectivity index (χ0v) is 10.6. The second kappa shape index (κ2) is 8.91. The fourth-order valence-electron chi connectivity index (χ4n) is 0.786. The monoisotopic (exact) mass is 264 g/mol. The standard InChI is InChI=1S/C6H14B2N2O4S2/c1-8(12)10-3-5-16(13,14)15-4-2-9-6-7-11/h6,10,12H,2-5H2,1H3. The molecule has 0 saturated heterocycles. The van der Waals surface area contributed by atoms with E-state index >= 15 is 0 Å². The number of nitrogens with one attached hydrogen (secondary N) is 1. The predicted octanol–water partition coefficient (Wildman–Crippen LogP) is -1.17. The Bertz CT molecular complexity index is 320. The average Bonchev–Trinajstić information content (AvgIpc) is 2.16. The van der Waals surface area contributed by atoms with Gasteiger partial charge in [0.25, 0.3) is 0 Å². The van der Waals surface area contributed by atoms with Crippen molar-refractivity contribution in [1.29, 1.82) is 0 Å². The van der Waals surface area contributed by atoms with Crippen molar-refractivity contribution in [2.45, 2.75) is 6.82 Å². The van der Waals surface area contributed by atoms with Crippen LogP contribution in [0.4, 0.5) is 0 Å². The van der Waals surface area contributed by atoms with Gasteiger partial charge in [0.15, 0.2) is 0 Å². The molecule has 0 amide bonds. The molecule has 0 atom stereocenters. The van der Waals surface area contributed by atoms with Gasteiger partial charge in [-0.3, -0.25) is 0 Å². The van der Waals surface area contributed by atoms with E-state index in [2.05, 4.69) is 10.2 Å². The van der Waals surface area contributed by atoms with Crippen molar-refractivity contribution in [1.82, 2.24) is 5.23 Å². The molecule has 10 heteroatoms. The molecule has 0 aromatic carbocycles. The summed E-state index contributed by atoms with van der Waals surface area (Å²) in [5, 5.41) is 11.5. The van der Waals surface area contributed by atoms with E-state index in [1.807, 2.05) is 0 Å². The molecule has 2 N–H and O–H groups in total. The van der Waals surface area contributed by atoms with Crippen LogP contribution in [-0.4, -0.2) is 58.4 Å². The molecular formula is C6H14B2N2O4S2. The van der Waals surface area contributed by atoms with Gasteiger partial charge in [-0.15, -0.1) is 0 Å². The van der Waals surface area contributed by atoms with Crippen LogP contribution >= 0.6 is 10.8 Å². The first-order chi connectivity index (χ1) is 7.48. The zero-order chi connectivity index (χ0) is 12.4. The summed E-state index contributed by atoms with van der Waals surface area (Å²) in [5.41, 5.74) is 0. The maximum absolute atomic E-state index is 11.4. The molecule has 6 nitrogen and oxygen atoms in total. The average molecular weight is 264 g/mol. The van der Waals surface area contributed by atoms with Crippen molar-refractivity contribution in [3.8, 4) is 0 Å². The molecule has 0 aromatic heterocycles. The second-order valence-corrected chi connectivity index (χ2v) is 7.30. The van der Waals surface area contributed by atoms with Crippen molar-refractivity contribution < 1.29 is 18.1 Å². The SMILES string of the molecule is CB(O)NCCS(=O)(=O)SCCN=CB=O. The summed E-state index contributed by atoms with van der Waals surface area (Å²) in [6.07, 6.45) is 1.10. The zero-order valence-electron chi connectivity index (χ0n) is 9.00. The molecule has 90 valence electrons. The van der Waals surface area contributed by atoms with Gasteiger partial charge in [0.05, 0.1) is 0 Å². The minimum atomic E-state index is -3.18. The Morgan fingerprint density at radius 3 is 2.88 bits per heavy atom. The molecule has 0 aliphatic heterocycles. The fraction of sp³-hybridized carbons (Fsp3) is 0.833. The Morgan fingerprint density at radius 2 is 2.31 bits per heavy atom. The molecule has 0 unspecified atom stereocenters. The first kappa shape index (κ1) is 15.8. The number of aliphatic imine (C=N–C) groups is 1. The van der Waals surface area contributed by atoms with Gasteiger partial charge in [-0.2, -0.15) is 0 Å². The molecule has 0 fully saturated rings. The van der Waals surface area contributed by atoms with Gasteiger partial charge < -0.3 is 0 Å². The Hall–Kier alpha value is -0.180. The molecule has 0 spiro atoms. The van der Waals surface area contributed by atoms with Gasteiger partial charge in [0, 0.05) is 0 Å². The maximum atomic E-state index is 11.4. The van der Waals surface area contributed by atoms with E-state index in [0.29, 0.717) is 19.4 Å². The second-order valence-electron chi connectivity index (χ2n) is 2.91. The molecule has 0 bridgehead atoms. The van der Waals surface area contributed by atoms with Crippen LogP contribution in [0.2, 0.25) is 6.82 Å². The summed E-state index contributed by atoms with van der Waals surface area (Å²) in [6, 6.07) is 0. The Balaban J connectivity index is 3.70. The molecule has 0 radical (unpaired) electrons. The van der Waals surface area contributed by atoms with E-state index < -0.39 is 15.9 Å². The van der Waals surface area contributed by atoms with Crippen LogP contribution in [0.5, 0.6) is 0 Å².